The molecular formula is C13H10BrN3O2S2. The van der Waals surface area contributed by atoms with Gasteiger partial charge in [-0.1, -0.05) is 12.1 Å². The number of aromatic amines is 1. The van der Waals surface area contributed by atoms with Crippen molar-refractivity contribution in [1.29, 1.82) is 0 Å². The fraction of sp³-hybridized carbons (Fsp3) is 0. The van der Waals surface area contributed by atoms with Crippen molar-refractivity contribution in [2.45, 2.75) is 4.21 Å². The number of anilines is 1. The van der Waals surface area contributed by atoms with E-state index < -0.39 is 10.0 Å². The first-order valence-electron chi connectivity index (χ1n) is 5.91. The first-order chi connectivity index (χ1) is 10.1. The smallest absolute Gasteiger partial charge is 0.272 e. The van der Waals surface area contributed by atoms with Gasteiger partial charge in [0.05, 0.1) is 18.2 Å². The Morgan fingerprint density at radius 2 is 1.95 bits per heavy atom. The Kier molecular flexibility index (Phi) is 3.83. The molecule has 0 saturated carbocycles. The second-order valence-corrected chi connectivity index (χ2v) is 7.85. The third-order valence-corrected chi connectivity index (χ3v) is 6.83. The van der Waals surface area contributed by atoms with Gasteiger partial charge in [0.25, 0.3) is 10.0 Å². The first kappa shape index (κ1) is 14.3. The van der Waals surface area contributed by atoms with Crippen molar-refractivity contribution in [3.63, 3.8) is 0 Å². The summed E-state index contributed by atoms with van der Waals surface area (Å²) >= 11 is 4.40. The van der Waals surface area contributed by atoms with Gasteiger partial charge in [-0.05, 0) is 45.1 Å². The molecule has 3 aromatic rings. The number of hydrogen-bond donors (Lipinski definition) is 2. The van der Waals surface area contributed by atoms with Gasteiger partial charge in [0.2, 0.25) is 0 Å². The van der Waals surface area contributed by atoms with Crippen LogP contribution in [0.25, 0.3) is 11.3 Å². The molecule has 0 aliphatic heterocycles. The number of benzene rings is 1. The maximum absolute atomic E-state index is 12.3. The molecule has 0 atom stereocenters. The molecule has 0 amide bonds. The third-order valence-electron chi connectivity index (χ3n) is 2.77. The van der Waals surface area contributed by atoms with Crippen molar-refractivity contribution in [3.05, 3.63) is 52.7 Å². The van der Waals surface area contributed by atoms with Gasteiger partial charge in [0.1, 0.15) is 0 Å². The number of thiophene rings is 1. The SMILES string of the molecule is O=S(=O)(Nc1ccc(-c2cnc[nH]2)cc1)c1sccc1Br. The Hall–Kier alpha value is -1.64. The number of hydrogen-bond acceptors (Lipinski definition) is 4. The Labute approximate surface area is 134 Å². The van der Waals surface area contributed by atoms with E-state index in [0.717, 1.165) is 11.3 Å². The number of imidazole rings is 1. The van der Waals surface area contributed by atoms with Crippen LogP contribution < -0.4 is 4.72 Å². The van der Waals surface area contributed by atoms with E-state index in [9.17, 15) is 8.42 Å². The second-order valence-electron chi connectivity index (χ2n) is 4.20. The van der Waals surface area contributed by atoms with E-state index in [1.165, 1.54) is 11.3 Å². The predicted molar refractivity (Wildman–Crippen MR) is 86.9 cm³/mol. The lowest BCUT2D eigenvalue weighted by Crippen LogP contribution is -2.11. The van der Waals surface area contributed by atoms with E-state index in [4.69, 9.17) is 0 Å². The highest BCUT2D eigenvalue weighted by Gasteiger charge is 2.19. The lowest BCUT2D eigenvalue weighted by atomic mass is 10.1. The zero-order valence-electron chi connectivity index (χ0n) is 10.6. The fourth-order valence-electron chi connectivity index (χ4n) is 1.80. The van der Waals surface area contributed by atoms with Crippen LogP contribution in [0.5, 0.6) is 0 Å². The van der Waals surface area contributed by atoms with Crippen molar-refractivity contribution < 1.29 is 8.42 Å². The van der Waals surface area contributed by atoms with Gasteiger partial charge < -0.3 is 4.98 Å². The molecule has 0 radical (unpaired) electrons. The maximum atomic E-state index is 12.3. The molecule has 5 nitrogen and oxygen atoms in total. The molecule has 108 valence electrons. The van der Waals surface area contributed by atoms with Gasteiger partial charge in [0.15, 0.2) is 4.21 Å². The molecular weight excluding hydrogens is 374 g/mol. The molecule has 0 unspecified atom stereocenters. The lowest BCUT2D eigenvalue weighted by Gasteiger charge is -2.07. The predicted octanol–water partition coefficient (Wildman–Crippen LogP) is 3.70. The van der Waals surface area contributed by atoms with E-state index >= 15 is 0 Å². The van der Waals surface area contributed by atoms with Gasteiger partial charge >= 0.3 is 0 Å². The van der Waals surface area contributed by atoms with Gasteiger partial charge in [-0.2, -0.15) is 0 Å². The van der Waals surface area contributed by atoms with Crippen molar-refractivity contribution in [2.24, 2.45) is 0 Å². The molecule has 0 saturated heterocycles. The number of H-pyrrole nitrogens is 1. The summed E-state index contributed by atoms with van der Waals surface area (Å²) in [5.41, 5.74) is 2.33. The van der Waals surface area contributed by atoms with Crippen LogP contribution in [0.1, 0.15) is 0 Å². The van der Waals surface area contributed by atoms with Crippen LogP contribution >= 0.6 is 27.3 Å². The molecule has 0 spiro atoms. The largest absolute Gasteiger partial charge is 0.345 e. The van der Waals surface area contributed by atoms with E-state index in [1.807, 2.05) is 12.1 Å². The topological polar surface area (TPSA) is 74.8 Å². The van der Waals surface area contributed by atoms with Crippen LogP contribution in [-0.4, -0.2) is 18.4 Å². The van der Waals surface area contributed by atoms with Crippen LogP contribution in [0.4, 0.5) is 5.69 Å². The van der Waals surface area contributed by atoms with Crippen LogP contribution in [0.3, 0.4) is 0 Å². The first-order valence-corrected chi connectivity index (χ1v) is 9.06. The number of sulfonamides is 1. The molecule has 0 fully saturated rings. The monoisotopic (exact) mass is 383 g/mol. The molecule has 2 N–H and O–H groups in total. The molecule has 0 aliphatic carbocycles. The van der Waals surface area contributed by atoms with Crippen molar-refractivity contribution >= 4 is 43.0 Å². The molecule has 8 heteroatoms. The molecule has 0 aliphatic rings. The van der Waals surface area contributed by atoms with E-state index in [-0.39, 0.29) is 4.21 Å². The fourth-order valence-corrected chi connectivity index (χ4v) is 5.20. The molecule has 3 rings (SSSR count). The van der Waals surface area contributed by atoms with Crippen LogP contribution in [0.2, 0.25) is 0 Å². The van der Waals surface area contributed by atoms with Gasteiger partial charge in [-0.15, -0.1) is 11.3 Å². The molecule has 2 aromatic heterocycles. The van der Waals surface area contributed by atoms with Crippen molar-refractivity contribution in [2.75, 3.05) is 4.72 Å². The molecule has 2 heterocycles. The summed E-state index contributed by atoms with van der Waals surface area (Å²) in [7, 11) is -3.57. The minimum Gasteiger partial charge on any atom is -0.345 e. The van der Waals surface area contributed by atoms with E-state index in [0.29, 0.717) is 10.2 Å². The van der Waals surface area contributed by atoms with Crippen LogP contribution in [0, 0.1) is 0 Å². The minimum absolute atomic E-state index is 0.264. The summed E-state index contributed by atoms with van der Waals surface area (Å²) < 4.78 is 27.9. The van der Waals surface area contributed by atoms with Crippen molar-refractivity contribution in [3.8, 4) is 11.3 Å². The van der Waals surface area contributed by atoms with Crippen LogP contribution in [-0.2, 0) is 10.0 Å². The summed E-state index contributed by atoms with van der Waals surface area (Å²) in [6.07, 6.45) is 3.31. The zero-order valence-corrected chi connectivity index (χ0v) is 13.8. The van der Waals surface area contributed by atoms with Gasteiger partial charge in [0, 0.05) is 10.2 Å². The van der Waals surface area contributed by atoms with E-state index in [2.05, 4.69) is 30.6 Å². The van der Waals surface area contributed by atoms with Crippen molar-refractivity contribution in [1.82, 2.24) is 9.97 Å². The van der Waals surface area contributed by atoms with E-state index in [1.54, 1.807) is 36.1 Å². The molecule has 0 bridgehead atoms. The summed E-state index contributed by atoms with van der Waals surface area (Å²) in [5, 5.41) is 1.72. The molecule has 21 heavy (non-hydrogen) atoms. The molecule has 1 aromatic carbocycles. The number of halogens is 1. The zero-order chi connectivity index (χ0) is 14.9. The normalized spacial score (nSPS) is 11.5. The Morgan fingerprint density at radius 1 is 1.19 bits per heavy atom. The number of nitrogens with one attached hydrogen (secondary N) is 2. The number of nitrogens with zero attached hydrogens (tertiary/aromatic N) is 1. The quantitative estimate of drug-likeness (QED) is 0.720. The number of rotatable bonds is 4. The highest BCUT2D eigenvalue weighted by Crippen LogP contribution is 2.29. The summed E-state index contributed by atoms with van der Waals surface area (Å²) in [5.74, 6) is 0. The maximum Gasteiger partial charge on any atom is 0.272 e. The third kappa shape index (κ3) is 3.02. The average Bonchev–Trinajstić information content (AvgIpc) is 3.10. The van der Waals surface area contributed by atoms with Gasteiger partial charge in [-0.3, -0.25) is 4.72 Å². The average molecular weight is 384 g/mol. The minimum atomic E-state index is -3.57. The Balaban J connectivity index is 1.84. The highest BCUT2D eigenvalue weighted by molar-refractivity contribution is 9.10. The van der Waals surface area contributed by atoms with Crippen LogP contribution in [0.15, 0.2) is 56.9 Å². The van der Waals surface area contributed by atoms with Gasteiger partial charge in [-0.25, -0.2) is 13.4 Å². The number of aromatic nitrogens is 2. The Morgan fingerprint density at radius 3 is 2.52 bits per heavy atom. The Bertz CT molecular complexity index is 840. The second kappa shape index (κ2) is 5.63. The lowest BCUT2D eigenvalue weighted by molar-refractivity contribution is 0.603. The standard InChI is InChI=1S/C13H10BrN3O2S2/c14-11-5-6-20-13(11)21(18,19)17-10-3-1-9(2-4-10)12-7-15-8-16-12/h1-8,17H,(H,15,16). The summed E-state index contributed by atoms with van der Waals surface area (Å²) in [6, 6.07) is 8.80. The summed E-state index contributed by atoms with van der Waals surface area (Å²) in [4.78, 5) is 6.95. The highest BCUT2D eigenvalue weighted by atomic mass is 79.9. The summed E-state index contributed by atoms with van der Waals surface area (Å²) in [6.45, 7) is 0.